The molecule has 116 valence electrons. The highest BCUT2D eigenvalue weighted by Gasteiger charge is 2.22. The van der Waals surface area contributed by atoms with E-state index >= 15 is 0 Å². The van der Waals surface area contributed by atoms with Crippen LogP contribution < -0.4 is 0 Å². The fraction of sp³-hybridized carbons (Fsp3) is 0.615. The SMILES string of the molecule is CCOP(=O)(CC=C(C)C(=COC)C(=O)OC)OCC. The molecule has 0 aromatic heterocycles. The molecule has 20 heavy (non-hydrogen) atoms. The summed E-state index contributed by atoms with van der Waals surface area (Å²) in [6, 6.07) is 0. The van der Waals surface area contributed by atoms with Crippen molar-refractivity contribution in [2.75, 3.05) is 33.6 Å². The lowest BCUT2D eigenvalue weighted by atomic mass is 10.1. The van der Waals surface area contributed by atoms with E-state index in [9.17, 15) is 9.36 Å². The maximum Gasteiger partial charge on any atom is 0.341 e. The first kappa shape index (κ1) is 18.9. The molecule has 0 aliphatic heterocycles. The van der Waals surface area contributed by atoms with Crippen LogP contribution in [0, 0.1) is 0 Å². The molecule has 0 aliphatic rings. The fourth-order valence-corrected chi connectivity index (χ4v) is 2.99. The number of methoxy groups -OCH3 is 2. The summed E-state index contributed by atoms with van der Waals surface area (Å²) in [5, 5.41) is 0. The van der Waals surface area contributed by atoms with Crippen LogP contribution in [-0.2, 0) is 27.9 Å². The monoisotopic (exact) mass is 306 g/mol. The van der Waals surface area contributed by atoms with Gasteiger partial charge < -0.3 is 18.5 Å². The van der Waals surface area contributed by atoms with Gasteiger partial charge in [-0.1, -0.05) is 6.08 Å². The van der Waals surface area contributed by atoms with Gasteiger partial charge in [0.1, 0.15) is 0 Å². The molecule has 0 N–H and O–H groups in total. The number of carbonyl (C=O) groups excluding carboxylic acids is 1. The Hall–Kier alpha value is -1.10. The Morgan fingerprint density at radius 2 is 1.70 bits per heavy atom. The van der Waals surface area contributed by atoms with Gasteiger partial charge in [0, 0.05) is 0 Å². The minimum absolute atomic E-state index is 0.0819. The van der Waals surface area contributed by atoms with Crippen LogP contribution >= 0.6 is 7.60 Å². The van der Waals surface area contributed by atoms with E-state index in [0.717, 1.165) is 0 Å². The van der Waals surface area contributed by atoms with Crippen molar-refractivity contribution in [1.29, 1.82) is 0 Å². The zero-order chi connectivity index (χ0) is 15.6. The largest absolute Gasteiger partial charge is 0.503 e. The molecule has 0 saturated carbocycles. The van der Waals surface area contributed by atoms with Crippen LogP contribution in [0.5, 0.6) is 0 Å². The van der Waals surface area contributed by atoms with Crippen molar-refractivity contribution < 1.29 is 27.9 Å². The predicted octanol–water partition coefficient (Wildman–Crippen LogP) is 2.90. The highest BCUT2D eigenvalue weighted by molar-refractivity contribution is 7.54. The van der Waals surface area contributed by atoms with Crippen LogP contribution in [0.1, 0.15) is 20.8 Å². The van der Waals surface area contributed by atoms with E-state index in [1.165, 1.54) is 20.5 Å². The van der Waals surface area contributed by atoms with Crippen molar-refractivity contribution >= 4 is 13.6 Å². The molecule has 6 nitrogen and oxygen atoms in total. The van der Waals surface area contributed by atoms with Gasteiger partial charge in [0.15, 0.2) is 0 Å². The Morgan fingerprint density at radius 3 is 2.10 bits per heavy atom. The lowest BCUT2D eigenvalue weighted by Gasteiger charge is -2.15. The van der Waals surface area contributed by atoms with E-state index in [-0.39, 0.29) is 11.7 Å². The van der Waals surface area contributed by atoms with Crippen molar-refractivity contribution in [3.05, 3.63) is 23.5 Å². The van der Waals surface area contributed by atoms with E-state index in [0.29, 0.717) is 18.8 Å². The summed E-state index contributed by atoms with van der Waals surface area (Å²) >= 11 is 0. The molecular formula is C13H23O6P. The summed E-state index contributed by atoms with van der Waals surface area (Å²) in [4.78, 5) is 11.6. The summed E-state index contributed by atoms with van der Waals surface area (Å²) in [5.74, 6) is -0.525. The van der Waals surface area contributed by atoms with Gasteiger partial charge in [-0.25, -0.2) is 4.79 Å². The smallest absolute Gasteiger partial charge is 0.341 e. The number of allylic oxidation sites excluding steroid dienone is 1. The quantitative estimate of drug-likeness (QED) is 0.214. The summed E-state index contributed by atoms with van der Waals surface area (Å²) in [6.07, 6.45) is 2.98. The highest BCUT2D eigenvalue weighted by Crippen LogP contribution is 2.48. The van der Waals surface area contributed by atoms with Gasteiger partial charge in [-0.2, -0.15) is 0 Å². The molecule has 0 fully saturated rings. The molecule has 0 radical (unpaired) electrons. The minimum Gasteiger partial charge on any atom is -0.503 e. The zero-order valence-electron chi connectivity index (χ0n) is 12.7. The molecule has 0 atom stereocenters. The summed E-state index contributed by atoms with van der Waals surface area (Å²) in [6.45, 7) is 5.77. The molecular weight excluding hydrogens is 283 g/mol. The summed E-state index contributed by atoms with van der Waals surface area (Å²) in [7, 11) is -0.453. The first-order chi connectivity index (χ1) is 9.44. The standard InChI is InChI=1S/C13H23O6P/c1-6-18-20(15,19-7-2)9-8-11(3)12(10-16-4)13(14)17-5/h8,10H,6-7,9H2,1-5H3. The zero-order valence-corrected chi connectivity index (χ0v) is 13.6. The molecule has 0 amide bonds. The number of ether oxygens (including phenoxy) is 2. The predicted molar refractivity (Wildman–Crippen MR) is 76.6 cm³/mol. The van der Waals surface area contributed by atoms with E-state index in [2.05, 4.69) is 4.74 Å². The van der Waals surface area contributed by atoms with E-state index in [4.69, 9.17) is 13.8 Å². The second kappa shape index (κ2) is 9.75. The first-order valence-corrected chi connectivity index (χ1v) is 8.03. The van der Waals surface area contributed by atoms with Crippen molar-refractivity contribution in [3.63, 3.8) is 0 Å². The maximum atomic E-state index is 12.3. The Morgan fingerprint density at radius 1 is 1.15 bits per heavy atom. The average molecular weight is 306 g/mol. The summed E-state index contributed by atoms with van der Waals surface area (Å²) in [5.41, 5.74) is 0.841. The molecule has 0 spiro atoms. The third kappa shape index (κ3) is 6.37. The maximum absolute atomic E-state index is 12.3. The molecule has 0 unspecified atom stereocenters. The number of rotatable bonds is 9. The van der Waals surface area contributed by atoms with Crippen LogP contribution in [-0.4, -0.2) is 39.6 Å². The Labute approximate surface area is 120 Å². The first-order valence-electron chi connectivity index (χ1n) is 6.30. The third-order valence-corrected chi connectivity index (χ3v) is 4.27. The molecule has 0 aliphatic carbocycles. The normalized spacial score (nSPS) is 13.2. The van der Waals surface area contributed by atoms with Gasteiger partial charge in [-0.05, 0) is 26.3 Å². The molecule has 0 heterocycles. The molecule has 0 saturated heterocycles. The third-order valence-electron chi connectivity index (χ3n) is 2.34. The Balaban J connectivity index is 5.06. The second-order valence-electron chi connectivity index (χ2n) is 3.77. The number of hydrogen-bond acceptors (Lipinski definition) is 6. The minimum atomic E-state index is -3.17. The van der Waals surface area contributed by atoms with Gasteiger partial charge in [-0.15, -0.1) is 0 Å². The van der Waals surface area contributed by atoms with E-state index in [1.807, 2.05) is 0 Å². The Bertz CT molecular complexity index is 403. The summed E-state index contributed by atoms with van der Waals surface area (Å²) < 4.78 is 32.1. The Kier molecular flexibility index (Phi) is 9.21. The van der Waals surface area contributed by atoms with Crippen molar-refractivity contribution in [3.8, 4) is 0 Å². The molecule has 0 aromatic carbocycles. The van der Waals surface area contributed by atoms with Crippen LogP contribution in [0.3, 0.4) is 0 Å². The van der Waals surface area contributed by atoms with Gasteiger partial charge in [0.2, 0.25) is 0 Å². The highest BCUT2D eigenvalue weighted by atomic mass is 31.2. The van der Waals surface area contributed by atoms with Gasteiger partial charge in [-0.3, -0.25) is 4.57 Å². The lowest BCUT2D eigenvalue weighted by Crippen LogP contribution is -2.07. The molecule has 0 aromatic rings. The number of hydrogen-bond donors (Lipinski definition) is 0. The lowest BCUT2D eigenvalue weighted by molar-refractivity contribution is -0.135. The van der Waals surface area contributed by atoms with Crippen molar-refractivity contribution in [2.45, 2.75) is 20.8 Å². The van der Waals surface area contributed by atoms with Gasteiger partial charge in [0.25, 0.3) is 0 Å². The second-order valence-corrected chi connectivity index (χ2v) is 5.88. The molecule has 0 rings (SSSR count). The van der Waals surface area contributed by atoms with Gasteiger partial charge in [0.05, 0.1) is 45.4 Å². The van der Waals surface area contributed by atoms with Gasteiger partial charge >= 0.3 is 13.6 Å². The van der Waals surface area contributed by atoms with Crippen LogP contribution in [0.2, 0.25) is 0 Å². The van der Waals surface area contributed by atoms with Crippen molar-refractivity contribution in [1.82, 2.24) is 0 Å². The molecule has 7 heteroatoms. The topological polar surface area (TPSA) is 71.1 Å². The van der Waals surface area contributed by atoms with E-state index in [1.54, 1.807) is 26.8 Å². The average Bonchev–Trinajstić information content (AvgIpc) is 2.42. The van der Waals surface area contributed by atoms with Crippen LogP contribution in [0.25, 0.3) is 0 Å². The fourth-order valence-electron chi connectivity index (χ4n) is 1.42. The number of carbonyl (C=O) groups is 1. The van der Waals surface area contributed by atoms with Crippen molar-refractivity contribution in [2.24, 2.45) is 0 Å². The molecule has 0 bridgehead atoms. The van der Waals surface area contributed by atoms with Crippen LogP contribution in [0.15, 0.2) is 23.5 Å². The van der Waals surface area contributed by atoms with Crippen LogP contribution in [0.4, 0.5) is 0 Å². The number of esters is 1. The van der Waals surface area contributed by atoms with E-state index < -0.39 is 13.6 Å².